The molecule has 1 aromatic carbocycles. The Hall–Kier alpha value is -3.03. The molecule has 0 bridgehead atoms. The van der Waals surface area contributed by atoms with Crippen molar-refractivity contribution >= 4 is 23.0 Å². The summed E-state index contributed by atoms with van der Waals surface area (Å²) in [5.41, 5.74) is 1.43. The molecular weight excluding hydrogens is 325 g/mol. The fourth-order valence-electron chi connectivity index (χ4n) is 2.92. The molecule has 4 rings (SSSR count). The monoisotopic (exact) mass is 341 g/mol. The lowest BCUT2D eigenvalue weighted by Gasteiger charge is -2.31. The maximum absolute atomic E-state index is 13.3. The summed E-state index contributed by atoms with van der Waals surface area (Å²) in [6.07, 6.45) is 4.43. The van der Waals surface area contributed by atoms with Crippen molar-refractivity contribution in [1.29, 1.82) is 0 Å². The summed E-state index contributed by atoms with van der Waals surface area (Å²) in [5, 5.41) is 2.98. The first kappa shape index (κ1) is 15.5. The molecule has 0 radical (unpaired) electrons. The van der Waals surface area contributed by atoms with Gasteiger partial charge in [0.1, 0.15) is 23.4 Å². The molecule has 3 heterocycles. The normalized spacial score (nSPS) is 15.5. The average Bonchev–Trinajstić information content (AvgIpc) is 3.06. The van der Waals surface area contributed by atoms with Crippen LogP contribution in [0.3, 0.4) is 0 Å². The molecule has 3 aromatic rings. The van der Waals surface area contributed by atoms with Crippen LogP contribution in [0.5, 0.6) is 0 Å². The Balaban J connectivity index is 1.38. The first-order chi connectivity index (χ1) is 12.2. The van der Waals surface area contributed by atoms with Gasteiger partial charge in [-0.15, -0.1) is 0 Å². The van der Waals surface area contributed by atoms with Crippen molar-refractivity contribution in [2.45, 2.75) is 18.9 Å². The Bertz CT molecular complexity index is 890. The number of carbonyl (C=O) groups excluding carboxylic acids is 1. The van der Waals surface area contributed by atoms with E-state index in [4.69, 9.17) is 4.42 Å². The number of anilines is 1. The molecule has 1 aliphatic heterocycles. The third-order valence-electron chi connectivity index (χ3n) is 4.25. The van der Waals surface area contributed by atoms with E-state index in [2.05, 4.69) is 20.3 Å². The van der Waals surface area contributed by atoms with Crippen LogP contribution < -0.4 is 10.2 Å². The number of benzene rings is 1. The van der Waals surface area contributed by atoms with Gasteiger partial charge in [-0.2, -0.15) is 4.98 Å². The predicted octanol–water partition coefficient (Wildman–Crippen LogP) is 2.16. The standard InChI is InChI=1S/C17H16FN5O2/c18-11-1-2-13-15(9-11)25-17(22-13)23-7-4-12(5-8-23)21-16(24)14-3-6-19-10-20-14/h1-3,6,9-10,12H,4-5,7-8H2,(H,21,24). The van der Waals surface area contributed by atoms with Crippen molar-refractivity contribution in [3.05, 3.63) is 48.3 Å². The van der Waals surface area contributed by atoms with Gasteiger partial charge in [-0.05, 0) is 31.0 Å². The smallest absolute Gasteiger partial charge is 0.298 e. The third-order valence-corrected chi connectivity index (χ3v) is 4.25. The molecule has 128 valence electrons. The van der Waals surface area contributed by atoms with Gasteiger partial charge in [-0.1, -0.05) is 0 Å². The topological polar surface area (TPSA) is 84.2 Å². The molecule has 1 saturated heterocycles. The van der Waals surface area contributed by atoms with E-state index in [1.807, 2.05) is 4.90 Å². The maximum Gasteiger partial charge on any atom is 0.298 e. The van der Waals surface area contributed by atoms with Gasteiger partial charge in [-0.25, -0.2) is 14.4 Å². The van der Waals surface area contributed by atoms with E-state index in [-0.39, 0.29) is 17.8 Å². The van der Waals surface area contributed by atoms with Crippen LogP contribution >= 0.6 is 0 Å². The minimum Gasteiger partial charge on any atom is -0.423 e. The van der Waals surface area contributed by atoms with Crippen molar-refractivity contribution in [2.24, 2.45) is 0 Å². The quantitative estimate of drug-likeness (QED) is 0.786. The van der Waals surface area contributed by atoms with E-state index in [1.54, 1.807) is 18.3 Å². The number of fused-ring (bicyclic) bond motifs is 1. The first-order valence-electron chi connectivity index (χ1n) is 8.07. The highest BCUT2D eigenvalue weighted by molar-refractivity contribution is 5.92. The maximum atomic E-state index is 13.3. The van der Waals surface area contributed by atoms with Gasteiger partial charge >= 0.3 is 0 Å². The molecule has 7 nitrogen and oxygen atoms in total. The van der Waals surface area contributed by atoms with Crippen LogP contribution in [0.1, 0.15) is 23.3 Å². The third kappa shape index (κ3) is 3.28. The molecule has 0 unspecified atom stereocenters. The SMILES string of the molecule is O=C(NC1CCN(c2nc3ccc(F)cc3o2)CC1)c1ccncn1. The lowest BCUT2D eigenvalue weighted by Crippen LogP contribution is -2.45. The number of rotatable bonds is 3. The van der Waals surface area contributed by atoms with Gasteiger partial charge in [-0.3, -0.25) is 4.79 Å². The van der Waals surface area contributed by atoms with Crippen LogP contribution in [0.4, 0.5) is 10.4 Å². The molecule has 1 N–H and O–H groups in total. The summed E-state index contributed by atoms with van der Waals surface area (Å²) in [6, 6.07) is 6.44. The number of hydrogen-bond donors (Lipinski definition) is 1. The molecule has 0 spiro atoms. The van der Waals surface area contributed by atoms with Crippen LogP contribution in [0, 0.1) is 5.82 Å². The number of nitrogens with one attached hydrogen (secondary N) is 1. The van der Waals surface area contributed by atoms with Crippen molar-refractivity contribution < 1.29 is 13.6 Å². The van der Waals surface area contributed by atoms with Gasteiger partial charge in [0.15, 0.2) is 5.58 Å². The predicted molar refractivity (Wildman–Crippen MR) is 88.7 cm³/mol. The van der Waals surface area contributed by atoms with Crippen molar-refractivity contribution in [1.82, 2.24) is 20.3 Å². The Morgan fingerprint density at radius 2 is 2.12 bits per heavy atom. The molecule has 0 aliphatic carbocycles. The number of carbonyl (C=O) groups is 1. The van der Waals surface area contributed by atoms with Gasteiger partial charge in [0.25, 0.3) is 11.9 Å². The Labute approximate surface area is 142 Å². The van der Waals surface area contributed by atoms with Crippen LogP contribution in [-0.4, -0.2) is 40.0 Å². The van der Waals surface area contributed by atoms with E-state index in [1.165, 1.54) is 18.5 Å². The summed E-state index contributed by atoms with van der Waals surface area (Å²) in [7, 11) is 0. The zero-order valence-electron chi connectivity index (χ0n) is 13.4. The lowest BCUT2D eigenvalue weighted by atomic mass is 10.1. The van der Waals surface area contributed by atoms with E-state index < -0.39 is 0 Å². The zero-order valence-corrected chi connectivity index (χ0v) is 13.4. The fourth-order valence-corrected chi connectivity index (χ4v) is 2.92. The molecule has 25 heavy (non-hydrogen) atoms. The number of oxazole rings is 1. The summed E-state index contributed by atoms with van der Waals surface area (Å²) >= 11 is 0. The molecule has 1 aliphatic rings. The van der Waals surface area contributed by atoms with Crippen molar-refractivity contribution in [3.63, 3.8) is 0 Å². The van der Waals surface area contributed by atoms with Gasteiger partial charge < -0.3 is 14.6 Å². The minimum atomic E-state index is -0.346. The zero-order chi connectivity index (χ0) is 17.2. The average molecular weight is 341 g/mol. The number of nitrogens with zero attached hydrogens (tertiary/aromatic N) is 4. The van der Waals surface area contributed by atoms with E-state index in [0.717, 1.165) is 12.8 Å². The molecule has 1 amide bonds. The largest absolute Gasteiger partial charge is 0.423 e. The first-order valence-corrected chi connectivity index (χ1v) is 8.07. The Morgan fingerprint density at radius 1 is 1.28 bits per heavy atom. The van der Waals surface area contributed by atoms with Crippen LogP contribution in [0.2, 0.25) is 0 Å². The van der Waals surface area contributed by atoms with E-state index >= 15 is 0 Å². The summed E-state index contributed by atoms with van der Waals surface area (Å²) in [6.45, 7) is 1.40. The minimum absolute atomic E-state index is 0.0699. The number of halogens is 1. The highest BCUT2D eigenvalue weighted by Gasteiger charge is 2.24. The van der Waals surface area contributed by atoms with Crippen LogP contribution in [0.25, 0.3) is 11.1 Å². The highest BCUT2D eigenvalue weighted by Crippen LogP contribution is 2.25. The van der Waals surface area contributed by atoms with Crippen LogP contribution in [0.15, 0.2) is 41.2 Å². The summed E-state index contributed by atoms with van der Waals surface area (Å²) in [4.78, 5) is 26.3. The molecule has 2 aromatic heterocycles. The number of hydrogen-bond acceptors (Lipinski definition) is 6. The second-order valence-corrected chi connectivity index (χ2v) is 5.94. The van der Waals surface area contributed by atoms with Gasteiger partial charge in [0.2, 0.25) is 0 Å². The van der Waals surface area contributed by atoms with E-state index in [9.17, 15) is 9.18 Å². The Kier molecular flexibility index (Phi) is 4.01. The van der Waals surface area contributed by atoms with Crippen molar-refractivity contribution in [2.75, 3.05) is 18.0 Å². The number of piperidine rings is 1. The summed E-state index contributed by atoms with van der Waals surface area (Å²) < 4.78 is 18.9. The molecule has 8 heteroatoms. The molecule has 0 atom stereocenters. The van der Waals surface area contributed by atoms with Crippen molar-refractivity contribution in [3.8, 4) is 0 Å². The lowest BCUT2D eigenvalue weighted by molar-refractivity contribution is 0.0925. The Morgan fingerprint density at radius 3 is 2.88 bits per heavy atom. The van der Waals surface area contributed by atoms with Gasteiger partial charge in [0.05, 0.1) is 0 Å². The van der Waals surface area contributed by atoms with Crippen LogP contribution in [-0.2, 0) is 0 Å². The second kappa shape index (κ2) is 6.46. The van der Waals surface area contributed by atoms with E-state index in [0.29, 0.717) is 35.9 Å². The highest BCUT2D eigenvalue weighted by atomic mass is 19.1. The number of amides is 1. The summed E-state index contributed by atoms with van der Waals surface area (Å²) in [5.74, 6) is -0.542. The number of aromatic nitrogens is 3. The molecular formula is C17H16FN5O2. The fraction of sp³-hybridized carbons (Fsp3) is 0.294. The molecule has 0 saturated carbocycles. The van der Waals surface area contributed by atoms with Gasteiger partial charge in [0, 0.05) is 31.4 Å². The molecule has 1 fully saturated rings. The second-order valence-electron chi connectivity index (χ2n) is 5.94.